The van der Waals surface area contributed by atoms with Crippen LogP contribution in [0, 0.1) is 0 Å². The summed E-state index contributed by atoms with van der Waals surface area (Å²) in [6.07, 6.45) is 1.59. The Hall–Kier alpha value is -2.16. The Morgan fingerprint density at radius 2 is 1.88 bits per heavy atom. The van der Waals surface area contributed by atoms with Crippen LogP contribution in [0.3, 0.4) is 0 Å². The summed E-state index contributed by atoms with van der Waals surface area (Å²) in [5.41, 5.74) is 0.292. The molecule has 25 heavy (non-hydrogen) atoms. The lowest BCUT2D eigenvalue weighted by molar-refractivity contribution is 0.0939. The van der Waals surface area contributed by atoms with Gasteiger partial charge < -0.3 is 9.73 Å². The number of furan rings is 1. The van der Waals surface area contributed by atoms with Crippen molar-refractivity contribution < 1.29 is 17.6 Å². The van der Waals surface area contributed by atoms with Crippen LogP contribution in [0.25, 0.3) is 0 Å². The molecule has 2 rings (SSSR count). The van der Waals surface area contributed by atoms with E-state index >= 15 is 0 Å². The Labute approximate surface area is 148 Å². The molecule has 1 aromatic carbocycles. The Balaban J connectivity index is 2.13. The van der Waals surface area contributed by atoms with Crippen molar-refractivity contribution in [2.75, 3.05) is 34.7 Å². The number of carbonyl (C=O) groups is 1. The molecule has 0 spiro atoms. The monoisotopic (exact) mass is 365 g/mol. The fourth-order valence-electron chi connectivity index (χ4n) is 2.32. The molecule has 0 saturated heterocycles. The van der Waals surface area contributed by atoms with E-state index in [9.17, 15) is 13.2 Å². The number of hydrogen-bond donors (Lipinski definition) is 1. The Morgan fingerprint density at radius 1 is 1.16 bits per heavy atom. The molecule has 0 aliphatic carbocycles. The molecule has 8 heteroatoms. The second-order valence-electron chi connectivity index (χ2n) is 6.02. The molecule has 136 valence electrons. The van der Waals surface area contributed by atoms with Crippen molar-refractivity contribution in [1.29, 1.82) is 0 Å². The second-order valence-corrected chi connectivity index (χ2v) is 8.17. The third kappa shape index (κ3) is 4.47. The highest BCUT2D eigenvalue weighted by atomic mass is 32.2. The number of nitrogens with one attached hydrogen (secondary N) is 1. The van der Waals surface area contributed by atoms with Crippen LogP contribution in [0.4, 0.5) is 0 Å². The largest absolute Gasteiger partial charge is 0.468 e. The predicted molar refractivity (Wildman–Crippen MR) is 94.8 cm³/mol. The van der Waals surface area contributed by atoms with Crippen LogP contribution in [0.15, 0.2) is 52.0 Å². The van der Waals surface area contributed by atoms with Crippen molar-refractivity contribution in [3.63, 3.8) is 0 Å². The minimum Gasteiger partial charge on any atom is -0.468 e. The smallest absolute Gasteiger partial charge is 0.251 e. The van der Waals surface area contributed by atoms with Gasteiger partial charge in [-0.3, -0.25) is 9.69 Å². The molecule has 1 N–H and O–H groups in total. The molecule has 2 aromatic rings. The van der Waals surface area contributed by atoms with Crippen molar-refractivity contribution in [2.45, 2.75) is 10.9 Å². The maximum atomic E-state index is 12.4. The first kappa shape index (κ1) is 19.2. The first-order valence-corrected chi connectivity index (χ1v) is 9.18. The highest BCUT2D eigenvalue weighted by Crippen LogP contribution is 2.18. The van der Waals surface area contributed by atoms with E-state index in [1.165, 1.54) is 26.2 Å². The van der Waals surface area contributed by atoms with Crippen LogP contribution < -0.4 is 5.32 Å². The summed E-state index contributed by atoms with van der Waals surface area (Å²) in [6.45, 7) is 0.337. The number of hydrogen-bond acceptors (Lipinski definition) is 5. The molecule has 0 unspecified atom stereocenters. The molecule has 1 heterocycles. The van der Waals surface area contributed by atoms with Crippen molar-refractivity contribution in [3.8, 4) is 0 Å². The van der Waals surface area contributed by atoms with E-state index in [0.717, 1.165) is 10.1 Å². The summed E-state index contributed by atoms with van der Waals surface area (Å²) in [5.74, 6) is 0.406. The highest BCUT2D eigenvalue weighted by Gasteiger charge is 2.21. The van der Waals surface area contributed by atoms with E-state index in [1.807, 2.05) is 25.1 Å². The van der Waals surface area contributed by atoms with Crippen LogP contribution in [0.5, 0.6) is 0 Å². The fraction of sp³-hybridized carbons (Fsp3) is 0.353. The van der Waals surface area contributed by atoms with Crippen LogP contribution >= 0.6 is 0 Å². The molecular formula is C17H23N3O4S. The summed E-state index contributed by atoms with van der Waals surface area (Å²) in [6, 6.07) is 9.51. The lowest BCUT2D eigenvalue weighted by Gasteiger charge is -2.22. The summed E-state index contributed by atoms with van der Waals surface area (Å²) < 4.78 is 30.9. The van der Waals surface area contributed by atoms with Crippen LogP contribution in [0.2, 0.25) is 0 Å². The number of amides is 1. The lowest BCUT2D eigenvalue weighted by Crippen LogP contribution is -2.34. The van der Waals surface area contributed by atoms with Crippen LogP contribution in [0.1, 0.15) is 22.2 Å². The molecule has 1 amide bonds. The number of likely N-dealkylation sites (N-methyl/N-ethyl adjacent to an activating group) is 1. The van der Waals surface area contributed by atoms with E-state index in [0.29, 0.717) is 12.1 Å². The minimum atomic E-state index is -3.58. The van der Waals surface area contributed by atoms with Gasteiger partial charge in [0.25, 0.3) is 5.91 Å². The van der Waals surface area contributed by atoms with E-state index in [1.54, 1.807) is 24.5 Å². The van der Waals surface area contributed by atoms with Crippen LogP contribution in [-0.4, -0.2) is 58.3 Å². The molecule has 1 aromatic heterocycles. The van der Waals surface area contributed by atoms with Gasteiger partial charge in [-0.2, -0.15) is 0 Å². The van der Waals surface area contributed by atoms with Gasteiger partial charge in [-0.15, -0.1) is 0 Å². The van der Waals surface area contributed by atoms with Gasteiger partial charge in [-0.1, -0.05) is 6.07 Å². The van der Waals surface area contributed by atoms with Crippen LogP contribution in [-0.2, 0) is 10.0 Å². The molecule has 0 fully saturated rings. The molecule has 0 radical (unpaired) electrons. The Morgan fingerprint density at radius 3 is 2.44 bits per heavy atom. The number of sulfonamides is 1. The molecular weight excluding hydrogens is 342 g/mol. The molecule has 7 nitrogen and oxygen atoms in total. The fourth-order valence-corrected chi connectivity index (χ4v) is 3.27. The van der Waals surface area contributed by atoms with E-state index in [2.05, 4.69) is 5.32 Å². The normalized spacial score (nSPS) is 13.2. The number of benzene rings is 1. The van der Waals surface area contributed by atoms with E-state index in [4.69, 9.17) is 4.42 Å². The van der Waals surface area contributed by atoms with Gasteiger partial charge in [0, 0.05) is 26.2 Å². The Bertz CT molecular complexity index is 814. The molecule has 0 aliphatic rings. The highest BCUT2D eigenvalue weighted by molar-refractivity contribution is 7.89. The van der Waals surface area contributed by atoms with Crippen molar-refractivity contribution in [2.24, 2.45) is 0 Å². The molecule has 0 saturated carbocycles. The molecule has 0 aliphatic heterocycles. The van der Waals surface area contributed by atoms with Gasteiger partial charge in [0.05, 0.1) is 17.2 Å². The summed E-state index contributed by atoms with van der Waals surface area (Å²) in [4.78, 5) is 14.4. The van der Waals surface area contributed by atoms with Crippen molar-refractivity contribution in [3.05, 3.63) is 54.0 Å². The van der Waals surface area contributed by atoms with E-state index in [-0.39, 0.29) is 16.8 Å². The van der Waals surface area contributed by atoms with Crippen molar-refractivity contribution in [1.82, 2.24) is 14.5 Å². The summed E-state index contributed by atoms with van der Waals surface area (Å²) >= 11 is 0. The Kier molecular flexibility index (Phi) is 5.99. The molecule has 1 atom stereocenters. The topological polar surface area (TPSA) is 82.9 Å². The first-order valence-electron chi connectivity index (χ1n) is 7.74. The zero-order valence-corrected chi connectivity index (χ0v) is 15.6. The average molecular weight is 365 g/mol. The summed E-state index contributed by atoms with van der Waals surface area (Å²) in [5, 5.41) is 2.83. The maximum absolute atomic E-state index is 12.4. The zero-order valence-electron chi connectivity index (χ0n) is 14.8. The second kappa shape index (κ2) is 7.81. The van der Waals surface area contributed by atoms with Gasteiger partial charge >= 0.3 is 0 Å². The van der Waals surface area contributed by atoms with Gasteiger partial charge in [-0.05, 0) is 44.4 Å². The van der Waals surface area contributed by atoms with Gasteiger partial charge in [0.1, 0.15) is 5.76 Å². The number of rotatable bonds is 7. The standard InChI is InChI=1S/C17H23N3O4S/c1-19(2)15(16-9-6-10-24-16)12-18-17(21)13-7-5-8-14(11-13)25(22,23)20(3)4/h5-11,15H,12H2,1-4H3,(H,18,21)/t15-/m1/s1. The van der Waals surface area contributed by atoms with Gasteiger partial charge in [0.15, 0.2) is 0 Å². The third-order valence-electron chi connectivity index (χ3n) is 3.83. The van der Waals surface area contributed by atoms with E-state index < -0.39 is 10.0 Å². The maximum Gasteiger partial charge on any atom is 0.251 e. The SMILES string of the molecule is CN(C)[C@H](CNC(=O)c1cccc(S(=O)(=O)N(C)C)c1)c1ccco1. The quantitative estimate of drug-likeness (QED) is 0.805. The number of carbonyl (C=O) groups excluding carboxylic acids is 1. The van der Waals surface area contributed by atoms with Crippen molar-refractivity contribution >= 4 is 15.9 Å². The number of nitrogens with zero attached hydrogens (tertiary/aromatic N) is 2. The van der Waals surface area contributed by atoms with Gasteiger partial charge in [-0.25, -0.2) is 12.7 Å². The minimum absolute atomic E-state index is 0.0837. The predicted octanol–water partition coefficient (Wildman–Crippen LogP) is 1.56. The molecule has 0 bridgehead atoms. The third-order valence-corrected chi connectivity index (χ3v) is 5.64. The average Bonchev–Trinajstić information content (AvgIpc) is 3.08. The zero-order chi connectivity index (χ0) is 18.6. The van der Waals surface area contributed by atoms with Gasteiger partial charge in [0.2, 0.25) is 10.0 Å². The lowest BCUT2D eigenvalue weighted by atomic mass is 10.2. The first-order chi connectivity index (χ1) is 11.7. The summed E-state index contributed by atoms with van der Waals surface area (Å²) in [7, 11) is 3.10.